The maximum Gasteiger partial charge on any atom is 0.253 e. The number of nitrogens with zero attached hydrogens (tertiary/aromatic N) is 4. The van der Waals surface area contributed by atoms with Crippen molar-refractivity contribution in [1.82, 2.24) is 18.8 Å². The van der Waals surface area contributed by atoms with E-state index in [4.69, 9.17) is 0 Å². The number of rotatable bonds is 3. The van der Waals surface area contributed by atoms with Gasteiger partial charge in [-0.15, -0.1) is 0 Å². The SMILES string of the molecule is Cc1cc(=O)n(CC(=O)N2CCN(S(C)(=O)=O)CC2)cn1. The molecule has 0 atom stereocenters. The van der Waals surface area contributed by atoms with Crippen LogP contribution in [0.2, 0.25) is 0 Å². The van der Waals surface area contributed by atoms with E-state index in [-0.39, 0.29) is 31.1 Å². The lowest BCUT2D eigenvalue weighted by Gasteiger charge is -2.33. The van der Waals surface area contributed by atoms with Gasteiger partial charge in [-0.1, -0.05) is 0 Å². The van der Waals surface area contributed by atoms with Gasteiger partial charge in [-0.05, 0) is 6.92 Å². The van der Waals surface area contributed by atoms with Crippen molar-refractivity contribution in [2.75, 3.05) is 32.4 Å². The molecule has 1 amide bonds. The molecule has 0 spiro atoms. The summed E-state index contributed by atoms with van der Waals surface area (Å²) in [6.45, 7) is 2.86. The molecule has 1 saturated heterocycles. The number of carbonyl (C=O) groups is 1. The van der Waals surface area contributed by atoms with E-state index in [0.717, 1.165) is 6.26 Å². The molecule has 1 aromatic rings. The third kappa shape index (κ3) is 3.88. The molecule has 1 aliphatic heterocycles. The van der Waals surface area contributed by atoms with Crippen LogP contribution in [0.15, 0.2) is 17.2 Å². The van der Waals surface area contributed by atoms with Crippen LogP contribution in [-0.4, -0.2) is 65.5 Å². The molecule has 1 aromatic heterocycles. The molecule has 21 heavy (non-hydrogen) atoms. The molecule has 0 bridgehead atoms. The molecule has 1 aliphatic rings. The van der Waals surface area contributed by atoms with E-state index >= 15 is 0 Å². The van der Waals surface area contributed by atoms with E-state index in [1.165, 1.54) is 21.3 Å². The zero-order chi connectivity index (χ0) is 15.6. The van der Waals surface area contributed by atoms with Crippen LogP contribution in [0.5, 0.6) is 0 Å². The second-order valence-electron chi connectivity index (χ2n) is 5.04. The van der Waals surface area contributed by atoms with Crippen molar-refractivity contribution >= 4 is 15.9 Å². The zero-order valence-corrected chi connectivity index (χ0v) is 12.8. The Kier molecular flexibility index (Phi) is 4.43. The lowest BCUT2D eigenvalue weighted by atomic mass is 10.3. The van der Waals surface area contributed by atoms with E-state index in [1.807, 2.05) is 0 Å². The molecule has 116 valence electrons. The summed E-state index contributed by atoms with van der Waals surface area (Å²) in [4.78, 5) is 29.4. The smallest absolute Gasteiger partial charge is 0.253 e. The summed E-state index contributed by atoms with van der Waals surface area (Å²) in [5.41, 5.74) is 0.330. The Morgan fingerprint density at radius 3 is 2.43 bits per heavy atom. The fourth-order valence-electron chi connectivity index (χ4n) is 2.15. The second kappa shape index (κ2) is 5.94. The zero-order valence-electron chi connectivity index (χ0n) is 12.0. The third-order valence-corrected chi connectivity index (χ3v) is 4.69. The predicted molar refractivity (Wildman–Crippen MR) is 76.2 cm³/mol. The highest BCUT2D eigenvalue weighted by atomic mass is 32.2. The molecule has 0 unspecified atom stereocenters. The summed E-state index contributed by atoms with van der Waals surface area (Å²) in [5.74, 6) is -0.212. The van der Waals surface area contributed by atoms with Gasteiger partial charge in [0, 0.05) is 37.9 Å². The lowest BCUT2D eigenvalue weighted by molar-refractivity contribution is -0.133. The van der Waals surface area contributed by atoms with Crippen molar-refractivity contribution in [2.45, 2.75) is 13.5 Å². The lowest BCUT2D eigenvalue weighted by Crippen LogP contribution is -2.51. The Labute approximate surface area is 123 Å². The fourth-order valence-corrected chi connectivity index (χ4v) is 2.98. The molecule has 0 N–H and O–H groups in total. The van der Waals surface area contributed by atoms with Crippen LogP contribution in [0.4, 0.5) is 0 Å². The van der Waals surface area contributed by atoms with Crippen molar-refractivity contribution < 1.29 is 13.2 Å². The van der Waals surface area contributed by atoms with Gasteiger partial charge < -0.3 is 4.90 Å². The maximum absolute atomic E-state index is 12.1. The van der Waals surface area contributed by atoms with E-state index in [1.54, 1.807) is 11.8 Å². The quantitative estimate of drug-likeness (QED) is 0.688. The average molecular weight is 314 g/mol. The number of carbonyl (C=O) groups excluding carboxylic acids is 1. The fraction of sp³-hybridized carbons (Fsp3) is 0.583. The number of sulfonamides is 1. The van der Waals surface area contributed by atoms with Crippen LogP contribution >= 0.6 is 0 Å². The van der Waals surface area contributed by atoms with Gasteiger partial charge in [-0.25, -0.2) is 13.4 Å². The van der Waals surface area contributed by atoms with Crippen molar-refractivity contribution in [3.05, 3.63) is 28.4 Å². The first-order valence-electron chi connectivity index (χ1n) is 6.53. The molecule has 2 heterocycles. The van der Waals surface area contributed by atoms with Crippen molar-refractivity contribution in [1.29, 1.82) is 0 Å². The number of amides is 1. The molecule has 0 aromatic carbocycles. The summed E-state index contributed by atoms with van der Waals surface area (Å²) < 4.78 is 25.4. The first-order chi connectivity index (χ1) is 9.77. The number of aromatic nitrogens is 2. The van der Waals surface area contributed by atoms with Crippen LogP contribution in [0, 0.1) is 6.92 Å². The topological polar surface area (TPSA) is 92.6 Å². The highest BCUT2D eigenvalue weighted by Crippen LogP contribution is 2.06. The summed E-state index contributed by atoms with van der Waals surface area (Å²) in [6.07, 6.45) is 2.50. The number of aryl methyl sites for hydroxylation is 1. The molecule has 2 rings (SSSR count). The van der Waals surface area contributed by atoms with Gasteiger partial charge in [0.05, 0.1) is 12.6 Å². The van der Waals surface area contributed by atoms with Crippen molar-refractivity contribution in [2.24, 2.45) is 0 Å². The Bertz CT molecular complexity index is 689. The number of piperazine rings is 1. The molecule has 0 saturated carbocycles. The first kappa shape index (κ1) is 15.6. The molecular weight excluding hydrogens is 296 g/mol. The van der Waals surface area contributed by atoms with Gasteiger partial charge in [-0.2, -0.15) is 4.31 Å². The monoisotopic (exact) mass is 314 g/mol. The van der Waals surface area contributed by atoms with Gasteiger partial charge in [0.25, 0.3) is 5.56 Å². The van der Waals surface area contributed by atoms with Gasteiger partial charge in [0.1, 0.15) is 6.54 Å². The van der Waals surface area contributed by atoms with Crippen molar-refractivity contribution in [3.8, 4) is 0 Å². The summed E-state index contributed by atoms with van der Waals surface area (Å²) in [6, 6.07) is 1.37. The Hall–Kier alpha value is -1.74. The van der Waals surface area contributed by atoms with E-state index in [0.29, 0.717) is 18.8 Å². The third-order valence-electron chi connectivity index (χ3n) is 3.38. The first-order valence-corrected chi connectivity index (χ1v) is 8.38. The highest BCUT2D eigenvalue weighted by Gasteiger charge is 2.26. The maximum atomic E-state index is 12.1. The van der Waals surface area contributed by atoms with Crippen LogP contribution < -0.4 is 5.56 Å². The molecule has 0 radical (unpaired) electrons. The van der Waals surface area contributed by atoms with Gasteiger partial charge in [-0.3, -0.25) is 14.2 Å². The largest absolute Gasteiger partial charge is 0.338 e. The minimum atomic E-state index is -3.22. The van der Waals surface area contributed by atoms with Crippen LogP contribution in [-0.2, 0) is 21.4 Å². The van der Waals surface area contributed by atoms with Crippen molar-refractivity contribution in [3.63, 3.8) is 0 Å². The molecular formula is C12H18N4O4S. The molecule has 1 fully saturated rings. The van der Waals surface area contributed by atoms with E-state index in [9.17, 15) is 18.0 Å². The predicted octanol–water partition coefficient (Wildman–Crippen LogP) is -1.34. The normalized spacial score (nSPS) is 17.0. The van der Waals surface area contributed by atoms with Gasteiger partial charge in [0.2, 0.25) is 15.9 Å². The summed E-state index contributed by atoms with van der Waals surface area (Å²) in [5, 5.41) is 0. The van der Waals surface area contributed by atoms with Gasteiger partial charge >= 0.3 is 0 Å². The number of hydrogen-bond acceptors (Lipinski definition) is 5. The van der Waals surface area contributed by atoms with Crippen LogP contribution in [0.3, 0.4) is 0 Å². The standard InChI is InChI=1S/C12H18N4O4S/c1-10-7-11(17)15(9-13-10)8-12(18)14-3-5-16(6-4-14)21(2,19)20/h7,9H,3-6,8H2,1-2H3. The second-order valence-corrected chi connectivity index (χ2v) is 7.02. The molecule has 9 heteroatoms. The Balaban J connectivity index is 1.98. The van der Waals surface area contributed by atoms with E-state index < -0.39 is 10.0 Å². The summed E-state index contributed by atoms with van der Waals surface area (Å²) in [7, 11) is -3.22. The summed E-state index contributed by atoms with van der Waals surface area (Å²) >= 11 is 0. The Morgan fingerprint density at radius 1 is 1.29 bits per heavy atom. The van der Waals surface area contributed by atoms with Crippen LogP contribution in [0.25, 0.3) is 0 Å². The van der Waals surface area contributed by atoms with E-state index in [2.05, 4.69) is 4.98 Å². The minimum Gasteiger partial charge on any atom is -0.338 e. The molecule has 0 aliphatic carbocycles. The molecule has 8 nitrogen and oxygen atoms in total. The minimum absolute atomic E-state index is 0.0784. The van der Waals surface area contributed by atoms with Crippen LogP contribution in [0.1, 0.15) is 5.69 Å². The van der Waals surface area contributed by atoms with Gasteiger partial charge in [0.15, 0.2) is 0 Å². The highest BCUT2D eigenvalue weighted by molar-refractivity contribution is 7.88. The Morgan fingerprint density at radius 2 is 1.90 bits per heavy atom. The number of hydrogen-bond donors (Lipinski definition) is 0. The average Bonchev–Trinajstić information content (AvgIpc) is 2.41.